The molecule has 0 spiro atoms. The molecule has 2 N–H and O–H groups in total. The van der Waals surface area contributed by atoms with Crippen molar-refractivity contribution in [2.24, 2.45) is 0 Å². The van der Waals surface area contributed by atoms with E-state index in [1.165, 1.54) is 12.5 Å². The number of nitrogens with one attached hydrogen (secondary N) is 1. The first kappa shape index (κ1) is 6.85. The van der Waals surface area contributed by atoms with E-state index in [0.717, 1.165) is 0 Å². The molecule has 7 heavy (non-hydrogen) atoms. The molecule has 0 fully saturated rings. The fourth-order valence-electron chi connectivity index (χ4n) is 0.0912. The summed E-state index contributed by atoms with van der Waals surface area (Å²) >= 11 is 0. The van der Waals surface area contributed by atoms with Gasteiger partial charge in [-0.3, -0.25) is 0 Å². The van der Waals surface area contributed by atoms with Crippen LogP contribution in [0.3, 0.4) is 0 Å². The Bertz CT molecular complexity index is 49.0. The molecule has 2 atom stereocenters. The molecule has 3 heteroatoms. The second-order valence-electron chi connectivity index (χ2n) is 1.64. The number of aliphatic hydroxyl groups excluding tert-OH is 1. The molecule has 0 unspecified atom stereocenters. The predicted octanol–water partition coefficient (Wildman–Crippen LogP) is 0.230. The van der Waals surface area contributed by atoms with Gasteiger partial charge < -0.3 is 5.11 Å². The summed E-state index contributed by atoms with van der Waals surface area (Å²) in [5.74, 6) is 0. The van der Waals surface area contributed by atoms with Gasteiger partial charge in [-0.2, -0.15) is 5.54 Å². The average Bonchev–Trinajstić information content (AvgIpc) is 1.65. The normalized spacial score (nSPS) is 18.9. The molecule has 0 aliphatic heterocycles. The molecular formula is C4H10FNO. The van der Waals surface area contributed by atoms with Gasteiger partial charge in [-0.25, -0.2) is 0 Å². The standard InChI is InChI=1S/C4H10FNO/c1-3(6-5)4(2)7/h3-4,6-7H,1-2H3/t3-,4-/m1/s1. The van der Waals surface area contributed by atoms with E-state index in [2.05, 4.69) is 0 Å². The molecule has 0 rings (SSSR count). The summed E-state index contributed by atoms with van der Waals surface area (Å²) in [6.45, 7) is 3.09. The van der Waals surface area contributed by atoms with Crippen LogP contribution in [0.5, 0.6) is 0 Å². The quantitative estimate of drug-likeness (QED) is 0.495. The maximum Gasteiger partial charge on any atom is 0.0688 e. The SMILES string of the molecule is C[C@@H](O)[C@@H](C)NF. The molecular weight excluding hydrogens is 97.0 g/mol. The highest BCUT2D eigenvalue weighted by atomic mass is 19.2. The summed E-state index contributed by atoms with van der Waals surface area (Å²) in [6, 6.07) is -0.458. The van der Waals surface area contributed by atoms with Crippen molar-refractivity contribution < 1.29 is 9.59 Å². The molecule has 0 aromatic heterocycles. The first-order valence-electron chi connectivity index (χ1n) is 2.22. The minimum Gasteiger partial charge on any atom is -0.392 e. The Morgan fingerprint density at radius 2 is 2.00 bits per heavy atom. The van der Waals surface area contributed by atoms with Gasteiger partial charge >= 0.3 is 0 Å². The molecule has 2 nitrogen and oxygen atoms in total. The maximum absolute atomic E-state index is 11.2. The van der Waals surface area contributed by atoms with Crippen LogP contribution in [0, 0.1) is 0 Å². The smallest absolute Gasteiger partial charge is 0.0688 e. The van der Waals surface area contributed by atoms with Crippen molar-refractivity contribution in [2.45, 2.75) is 26.0 Å². The lowest BCUT2D eigenvalue weighted by atomic mass is 10.2. The number of rotatable bonds is 2. The highest BCUT2D eigenvalue weighted by Gasteiger charge is 2.04. The maximum atomic E-state index is 11.2. The minimum absolute atomic E-state index is 0.458. The van der Waals surface area contributed by atoms with Crippen LogP contribution in [-0.4, -0.2) is 17.3 Å². The van der Waals surface area contributed by atoms with E-state index in [4.69, 9.17) is 5.11 Å². The Kier molecular flexibility index (Phi) is 2.87. The van der Waals surface area contributed by atoms with Crippen LogP contribution in [0.2, 0.25) is 0 Å². The monoisotopic (exact) mass is 107 g/mol. The topological polar surface area (TPSA) is 32.3 Å². The Morgan fingerprint density at radius 3 is 2.00 bits per heavy atom. The molecule has 0 saturated carbocycles. The van der Waals surface area contributed by atoms with Crippen LogP contribution in [0.1, 0.15) is 13.8 Å². The van der Waals surface area contributed by atoms with Crippen LogP contribution < -0.4 is 5.54 Å². The summed E-state index contributed by atoms with van der Waals surface area (Å²) < 4.78 is 11.2. The lowest BCUT2D eigenvalue weighted by Crippen LogP contribution is -2.29. The van der Waals surface area contributed by atoms with Crippen molar-refractivity contribution in [3.63, 3.8) is 0 Å². The molecule has 44 valence electrons. The van der Waals surface area contributed by atoms with Gasteiger partial charge in [0.25, 0.3) is 0 Å². The third-order valence-corrected chi connectivity index (χ3v) is 0.896. The average molecular weight is 107 g/mol. The van der Waals surface area contributed by atoms with E-state index in [0.29, 0.717) is 0 Å². The molecule has 0 aromatic rings. The van der Waals surface area contributed by atoms with Gasteiger partial charge in [-0.05, 0) is 13.8 Å². The van der Waals surface area contributed by atoms with Gasteiger partial charge in [0.05, 0.1) is 12.1 Å². The van der Waals surface area contributed by atoms with Crippen LogP contribution in [0.15, 0.2) is 0 Å². The van der Waals surface area contributed by atoms with Crippen LogP contribution in [0.4, 0.5) is 4.48 Å². The van der Waals surface area contributed by atoms with Gasteiger partial charge in [-0.1, -0.05) is 0 Å². The second-order valence-corrected chi connectivity index (χ2v) is 1.64. The van der Waals surface area contributed by atoms with E-state index in [-0.39, 0.29) is 0 Å². The molecule has 0 bridgehead atoms. The van der Waals surface area contributed by atoms with Gasteiger partial charge in [-0.15, -0.1) is 4.48 Å². The second kappa shape index (κ2) is 2.93. The summed E-state index contributed by atoms with van der Waals surface area (Å²) in [7, 11) is 0. The van der Waals surface area contributed by atoms with E-state index >= 15 is 0 Å². The largest absolute Gasteiger partial charge is 0.392 e. The van der Waals surface area contributed by atoms with Gasteiger partial charge in [0.2, 0.25) is 0 Å². The van der Waals surface area contributed by atoms with Crippen molar-refractivity contribution in [1.82, 2.24) is 5.54 Å². The molecule has 0 aliphatic carbocycles. The van der Waals surface area contributed by atoms with Crippen LogP contribution in [0.25, 0.3) is 0 Å². The van der Waals surface area contributed by atoms with Gasteiger partial charge in [0.1, 0.15) is 0 Å². The van der Waals surface area contributed by atoms with Crippen molar-refractivity contribution in [3.05, 3.63) is 0 Å². The van der Waals surface area contributed by atoms with Gasteiger partial charge in [0, 0.05) is 0 Å². The summed E-state index contributed by atoms with van der Waals surface area (Å²) in [4.78, 5) is 0. The van der Waals surface area contributed by atoms with Crippen molar-refractivity contribution in [3.8, 4) is 0 Å². The highest BCUT2D eigenvalue weighted by molar-refractivity contribution is 4.59. The number of aliphatic hydroxyl groups is 1. The molecule has 0 amide bonds. The number of hydrogen-bond acceptors (Lipinski definition) is 2. The zero-order valence-electron chi connectivity index (χ0n) is 4.48. The lowest BCUT2D eigenvalue weighted by Gasteiger charge is -2.08. The number of halogens is 1. The third-order valence-electron chi connectivity index (χ3n) is 0.896. The molecule has 0 heterocycles. The third kappa shape index (κ3) is 2.53. The Balaban J connectivity index is 3.14. The first-order valence-corrected chi connectivity index (χ1v) is 2.22. The van der Waals surface area contributed by atoms with Crippen LogP contribution >= 0.6 is 0 Å². The number of hydrogen-bond donors (Lipinski definition) is 2. The molecule has 0 radical (unpaired) electrons. The first-order chi connectivity index (χ1) is 3.18. The highest BCUT2D eigenvalue weighted by Crippen LogP contribution is 1.87. The zero-order chi connectivity index (χ0) is 5.86. The fraction of sp³-hybridized carbons (Fsp3) is 1.00. The summed E-state index contributed by atoms with van der Waals surface area (Å²) in [5, 5.41) is 8.52. The van der Waals surface area contributed by atoms with Crippen molar-refractivity contribution in [1.29, 1.82) is 0 Å². The summed E-state index contributed by atoms with van der Waals surface area (Å²) in [5.41, 5.74) is 1.41. The van der Waals surface area contributed by atoms with E-state index in [1.54, 1.807) is 6.92 Å². The molecule has 0 aromatic carbocycles. The van der Waals surface area contributed by atoms with Crippen LogP contribution in [-0.2, 0) is 0 Å². The van der Waals surface area contributed by atoms with Crippen molar-refractivity contribution >= 4 is 0 Å². The fourth-order valence-corrected chi connectivity index (χ4v) is 0.0912. The molecule has 0 aliphatic rings. The van der Waals surface area contributed by atoms with E-state index in [9.17, 15) is 4.48 Å². The van der Waals surface area contributed by atoms with Gasteiger partial charge in [0.15, 0.2) is 0 Å². The molecule has 0 saturated heterocycles. The van der Waals surface area contributed by atoms with E-state index in [1.807, 2.05) is 0 Å². The van der Waals surface area contributed by atoms with Crippen molar-refractivity contribution in [2.75, 3.05) is 0 Å². The lowest BCUT2D eigenvalue weighted by molar-refractivity contribution is 0.113. The minimum atomic E-state index is -0.620. The Hall–Kier alpha value is -0.150. The Labute approximate surface area is 42.3 Å². The Morgan fingerprint density at radius 1 is 1.57 bits per heavy atom. The van der Waals surface area contributed by atoms with E-state index < -0.39 is 12.1 Å². The predicted molar refractivity (Wildman–Crippen MR) is 25.4 cm³/mol. The summed E-state index contributed by atoms with van der Waals surface area (Å²) in [6.07, 6.45) is -0.620. The zero-order valence-corrected chi connectivity index (χ0v) is 4.48.